The number of fused-ring (bicyclic) bond motifs is 1. The summed E-state index contributed by atoms with van der Waals surface area (Å²) in [5, 5.41) is 6.96. The first-order valence-corrected chi connectivity index (χ1v) is 11.8. The highest BCUT2D eigenvalue weighted by Gasteiger charge is 2.22. The normalized spacial score (nSPS) is 14.2. The molecule has 2 aromatic heterocycles. The minimum absolute atomic E-state index is 0.00534. The van der Waals surface area contributed by atoms with Gasteiger partial charge >= 0.3 is 0 Å². The van der Waals surface area contributed by atoms with Crippen molar-refractivity contribution < 1.29 is 18.7 Å². The van der Waals surface area contributed by atoms with E-state index in [0.717, 1.165) is 29.3 Å². The molecule has 8 heteroatoms. The van der Waals surface area contributed by atoms with Gasteiger partial charge in [-0.25, -0.2) is 4.98 Å². The van der Waals surface area contributed by atoms with Crippen molar-refractivity contribution in [1.82, 2.24) is 14.9 Å². The van der Waals surface area contributed by atoms with E-state index in [2.05, 4.69) is 15.6 Å². The van der Waals surface area contributed by atoms with Crippen molar-refractivity contribution in [3.63, 3.8) is 0 Å². The van der Waals surface area contributed by atoms with Crippen LogP contribution in [0.2, 0.25) is 0 Å². The van der Waals surface area contributed by atoms with Crippen molar-refractivity contribution in [2.24, 2.45) is 13.0 Å². The molecule has 180 valence electrons. The molecule has 8 nitrogen and oxygen atoms in total. The lowest BCUT2D eigenvalue weighted by Crippen LogP contribution is -2.28. The number of hydrogen-bond acceptors (Lipinski definition) is 5. The Balaban J connectivity index is 1.27. The number of amides is 2. The van der Waals surface area contributed by atoms with Crippen LogP contribution >= 0.6 is 0 Å². The Labute approximate surface area is 203 Å². The highest BCUT2D eigenvalue weighted by Crippen LogP contribution is 2.26. The minimum Gasteiger partial charge on any atom is -0.441 e. The van der Waals surface area contributed by atoms with Crippen LogP contribution in [0, 0.1) is 12.8 Å². The van der Waals surface area contributed by atoms with Gasteiger partial charge in [0.2, 0.25) is 11.8 Å². The number of rotatable bonds is 6. The molecule has 0 aliphatic carbocycles. The van der Waals surface area contributed by atoms with Gasteiger partial charge in [0.05, 0.1) is 6.54 Å². The number of anilines is 1. The minimum atomic E-state index is -0.175. The van der Waals surface area contributed by atoms with E-state index in [4.69, 9.17) is 9.15 Å². The molecule has 1 fully saturated rings. The van der Waals surface area contributed by atoms with E-state index >= 15 is 0 Å². The second-order valence-electron chi connectivity index (χ2n) is 8.81. The van der Waals surface area contributed by atoms with Gasteiger partial charge in [-0.05, 0) is 50.1 Å². The highest BCUT2D eigenvalue weighted by molar-refractivity contribution is 5.98. The molecule has 1 aliphatic heterocycles. The third kappa shape index (κ3) is 4.83. The molecule has 0 spiro atoms. The average molecular weight is 473 g/mol. The lowest BCUT2D eigenvalue weighted by molar-refractivity contribution is -0.122. The maximum absolute atomic E-state index is 12.8. The predicted molar refractivity (Wildman–Crippen MR) is 133 cm³/mol. The summed E-state index contributed by atoms with van der Waals surface area (Å²) in [4.78, 5) is 30.0. The quantitative estimate of drug-likeness (QED) is 0.432. The molecule has 0 radical (unpaired) electrons. The van der Waals surface area contributed by atoms with Crippen molar-refractivity contribution in [3.8, 4) is 11.5 Å². The van der Waals surface area contributed by atoms with E-state index in [1.54, 1.807) is 0 Å². The SMILES string of the molecule is Cc1oc(-c2cccc(NC(=O)C3CCOCC3)c2)nc1CNC(=O)c1cc2ccccc2n1C. The number of benzene rings is 2. The van der Waals surface area contributed by atoms with E-state index in [1.165, 1.54) is 0 Å². The van der Waals surface area contributed by atoms with Crippen LogP contribution in [-0.4, -0.2) is 34.6 Å². The molecular formula is C27H28N4O4. The standard InChI is InChI=1S/C27H28N4O4/c1-17-22(16-28-26(33)24-15-19-6-3-4-9-23(19)31(24)2)30-27(35-17)20-7-5-8-21(14-20)29-25(32)18-10-12-34-13-11-18/h3-9,14-15,18H,10-13,16H2,1-2H3,(H,28,33)(H,29,32). The molecule has 2 N–H and O–H groups in total. The molecule has 0 atom stereocenters. The molecule has 2 amide bonds. The zero-order chi connectivity index (χ0) is 24.4. The zero-order valence-corrected chi connectivity index (χ0v) is 19.8. The molecular weight excluding hydrogens is 444 g/mol. The summed E-state index contributed by atoms with van der Waals surface area (Å²) in [7, 11) is 1.88. The first-order chi connectivity index (χ1) is 17.0. The average Bonchev–Trinajstić information content (AvgIpc) is 3.43. The third-order valence-corrected chi connectivity index (χ3v) is 6.46. The number of nitrogens with one attached hydrogen (secondary N) is 2. The van der Waals surface area contributed by atoms with Crippen molar-refractivity contribution in [3.05, 3.63) is 71.7 Å². The molecule has 3 heterocycles. The lowest BCUT2D eigenvalue weighted by Gasteiger charge is -2.21. The monoisotopic (exact) mass is 472 g/mol. The first-order valence-electron chi connectivity index (χ1n) is 11.8. The van der Waals surface area contributed by atoms with E-state index in [0.29, 0.717) is 41.9 Å². The largest absolute Gasteiger partial charge is 0.441 e. The van der Waals surface area contributed by atoms with E-state index < -0.39 is 0 Å². The molecule has 35 heavy (non-hydrogen) atoms. The number of aryl methyl sites for hydroxylation is 2. The maximum Gasteiger partial charge on any atom is 0.268 e. The van der Waals surface area contributed by atoms with Crippen molar-refractivity contribution in [1.29, 1.82) is 0 Å². The second-order valence-corrected chi connectivity index (χ2v) is 8.81. The number of ether oxygens (including phenoxy) is 1. The lowest BCUT2D eigenvalue weighted by atomic mass is 9.99. The number of hydrogen-bond donors (Lipinski definition) is 2. The Morgan fingerprint density at radius 2 is 1.89 bits per heavy atom. The van der Waals surface area contributed by atoms with Gasteiger partial charge in [-0.1, -0.05) is 24.3 Å². The summed E-state index contributed by atoms with van der Waals surface area (Å²) in [5.74, 6) is 0.872. The fraction of sp³-hybridized carbons (Fsp3) is 0.296. The summed E-state index contributed by atoms with van der Waals surface area (Å²) in [6.07, 6.45) is 1.47. The summed E-state index contributed by atoms with van der Waals surface area (Å²) in [6.45, 7) is 3.31. The summed E-state index contributed by atoms with van der Waals surface area (Å²) < 4.78 is 13.1. The summed E-state index contributed by atoms with van der Waals surface area (Å²) >= 11 is 0. The van der Waals surface area contributed by atoms with E-state index in [1.807, 2.05) is 73.1 Å². The van der Waals surface area contributed by atoms with Gasteiger partial charge in [-0.15, -0.1) is 0 Å². The van der Waals surface area contributed by atoms with Crippen molar-refractivity contribution in [2.75, 3.05) is 18.5 Å². The highest BCUT2D eigenvalue weighted by atomic mass is 16.5. The van der Waals surface area contributed by atoms with Crippen LogP contribution in [0.5, 0.6) is 0 Å². The van der Waals surface area contributed by atoms with Gasteiger partial charge in [-0.2, -0.15) is 0 Å². The van der Waals surface area contributed by atoms with Gasteiger partial charge < -0.3 is 24.4 Å². The van der Waals surface area contributed by atoms with Gasteiger partial charge in [0.1, 0.15) is 17.1 Å². The number of oxazole rings is 1. The maximum atomic E-state index is 12.8. The van der Waals surface area contributed by atoms with Gasteiger partial charge in [-0.3, -0.25) is 9.59 Å². The molecule has 0 bridgehead atoms. The van der Waals surface area contributed by atoms with E-state index in [9.17, 15) is 9.59 Å². The molecule has 0 unspecified atom stereocenters. The zero-order valence-electron chi connectivity index (χ0n) is 19.8. The van der Waals surface area contributed by atoms with Crippen LogP contribution in [0.15, 0.2) is 59.0 Å². The molecule has 1 aliphatic rings. The van der Waals surface area contributed by atoms with Crippen LogP contribution < -0.4 is 10.6 Å². The Morgan fingerprint density at radius 1 is 1.09 bits per heavy atom. The molecule has 4 aromatic rings. The second kappa shape index (κ2) is 9.76. The van der Waals surface area contributed by atoms with Crippen LogP contribution in [0.1, 0.15) is 34.8 Å². The first kappa shape index (κ1) is 22.9. The summed E-state index contributed by atoms with van der Waals surface area (Å²) in [6, 6.07) is 17.2. The van der Waals surface area contributed by atoms with Gasteiger partial charge in [0.25, 0.3) is 5.91 Å². The topological polar surface area (TPSA) is 98.4 Å². The fourth-order valence-electron chi connectivity index (χ4n) is 4.41. The number of nitrogens with zero attached hydrogens (tertiary/aromatic N) is 2. The number of carbonyl (C=O) groups is 2. The van der Waals surface area contributed by atoms with Crippen LogP contribution in [-0.2, 0) is 23.1 Å². The van der Waals surface area contributed by atoms with Crippen LogP contribution in [0.4, 0.5) is 5.69 Å². The fourth-order valence-corrected chi connectivity index (χ4v) is 4.41. The van der Waals surface area contributed by atoms with E-state index in [-0.39, 0.29) is 24.3 Å². The van der Waals surface area contributed by atoms with Gasteiger partial charge in [0, 0.05) is 48.3 Å². The molecule has 0 saturated carbocycles. The number of carbonyl (C=O) groups excluding carboxylic acids is 2. The Kier molecular flexibility index (Phi) is 6.37. The molecule has 5 rings (SSSR count). The molecule has 2 aromatic carbocycles. The predicted octanol–water partition coefficient (Wildman–Crippen LogP) is 4.44. The number of para-hydroxylation sites is 1. The van der Waals surface area contributed by atoms with Crippen LogP contribution in [0.3, 0.4) is 0 Å². The number of aromatic nitrogens is 2. The summed E-state index contributed by atoms with van der Waals surface area (Å²) in [5.41, 5.74) is 3.69. The van der Waals surface area contributed by atoms with Crippen molar-refractivity contribution in [2.45, 2.75) is 26.3 Å². The van der Waals surface area contributed by atoms with Gasteiger partial charge in [0.15, 0.2) is 0 Å². The Bertz CT molecular complexity index is 1380. The smallest absolute Gasteiger partial charge is 0.268 e. The molecule has 1 saturated heterocycles. The Morgan fingerprint density at radius 3 is 2.69 bits per heavy atom. The van der Waals surface area contributed by atoms with Crippen molar-refractivity contribution >= 4 is 28.4 Å². The van der Waals surface area contributed by atoms with Crippen LogP contribution in [0.25, 0.3) is 22.4 Å². The third-order valence-electron chi connectivity index (χ3n) is 6.46. The Hall–Kier alpha value is -3.91.